The lowest BCUT2D eigenvalue weighted by atomic mass is 10.4. The van der Waals surface area contributed by atoms with Crippen LogP contribution in [0.4, 0.5) is 0 Å². The Bertz CT molecular complexity index is 907. The summed E-state index contributed by atoms with van der Waals surface area (Å²) in [5.41, 5.74) is 2.26. The van der Waals surface area contributed by atoms with E-state index in [4.69, 9.17) is 0 Å². The predicted molar refractivity (Wildman–Crippen MR) is 101 cm³/mol. The van der Waals surface area contributed by atoms with E-state index in [0.717, 1.165) is 32.9 Å². The van der Waals surface area contributed by atoms with Crippen LogP contribution in [0, 0.1) is 0 Å². The maximum Gasteiger partial charge on any atom is 0.172 e. The van der Waals surface area contributed by atoms with Crippen LogP contribution in [-0.2, 0) is 0 Å². The number of fused-ring (bicyclic) bond motifs is 2. The first-order valence-electron chi connectivity index (χ1n) is 7.66. The van der Waals surface area contributed by atoms with Gasteiger partial charge in [0.2, 0.25) is 0 Å². The summed E-state index contributed by atoms with van der Waals surface area (Å²) in [6.45, 7) is 0. The van der Waals surface area contributed by atoms with Gasteiger partial charge in [0.1, 0.15) is 0 Å². The smallest absolute Gasteiger partial charge is 0.172 e. The largest absolute Gasteiger partial charge is 0.295 e. The third-order valence-electron chi connectivity index (χ3n) is 3.59. The molecule has 0 saturated carbocycles. The van der Waals surface area contributed by atoms with Gasteiger partial charge in [-0.15, -0.1) is 0 Å². The number of nitrogens with zero attached hydrogens (tertiary/aromatic N) is 4. The van der Waals surface area contributed by atoms with Gasteiger partial charge in [-0.05, 0) is 24.3 Å². The summed E-state index contributed by atoms with van der Waals surface area (Å²) in [5, 5.41) is 2.06. The van der Waals surface area contributed by atoms with E-state index in [9.17, 15) is 0 Å². The fourth-order valence-corrected chi connectivity index (χ4v) is 4.06. The van der Waals surface area contributed by atoms with E-state index in [1.54, 1.807) is 23.5 Å². The molecule has 0 saturated heterocycles. The number of hydrogen-bond donors (Lipinski definition) is 0. The Morgan fingerprint density at radius 2 is 1.25 bits per heavy atom. The molecule has 0 atom stereocenters. The third kappa shape index (κ3) is 3.20. The van der Waals surface area contributed by atoms with Gasteiger partial charge >= 0.3 is 0 Å². The van der Waals surface area contributed by atoms with Gasteiger partial charge in [-0.3, -0.25) is 8.80 Å². The van der Waals surface area contributed by atoms with E-state index in [1.807, 2.05) is 49.1 Å². The SMILES string of the molecule is C(=C\CSc1ncc2ccccn12)/CSc1ncc2ccccn12. The molecule has 0 unspecified atom stereocenters. The minimum Gasteiger partial charge on any atom is -0.295 e. The van der Waals surface area contributed by atoms with Crippen LogP contribution in [0.15, 0.2) is 83.7 Å². The topological polar surface area (TPSA) is 34.6 Å². The van der Waals surface area contributed by atoms with Crippen LogP contribution < -0.4 is 0 Å². The van der Waals surface area contributed by atoms with Crippen molar-refractivity contribution >= 4 is 34.6 Å². The summed E-state index contributed by atoms with van der Waals surface area (Å²) >= 11 is 3.48. The molecular weight excluding hydrogens is 336 g/mol. The minimum absolute atomic E-state index is 0.914. The van der Waals surface area contributed by atoms with E-state index < -0.39 is 0 Å². The molecule has 4 heterocycles. The molecule has 4 nitrogen and oxygen atoms in total. The standard InChI is InChI=1S/C18H16N4S2/c1-3-9-21-15(7-1)13-19-17(21)23-11-5-6-12-24-18-20-14-16-8-2-4-10-22(16)18/h1-10,13-14H,11-12H2/b6-5+. The van der Waals surface area contributed by atoms with Gasteiger partial charge in [-0.2, -0.15) is 0 Å². The molecule has 24 heavy (non-hydrogen) atoms. The molecular formula is C18H16N4S2. The fourth-order valence-electron chi connectivity index (χ4n) is 2.43. The first-order valence-corrected chi connectivity index (χ1v) is 9.64. The second-order valence-electron chi connectivity index (χ2n) is 5.17. The second kappa shape index (κ2) is 7.15. The number of hydrogen-bond acceptors (Lipinski definition) is 4. The molecule has 4 aromatic heterocycles. The quantitative estimate of drug-likeness (QED) is 0.380. The van der Waals surface area contributed by atoms with E-state index in [-0.39, 0.29) is 0 Å². The van der Waals surface area contributed by atoms with Crippen molar-refractivity contribution in [1.29, 1.82) is 0 Å². The van der Waals surface area contributed by atoms with Gasteiger partial charge in [0, 0.05) is 23.9 Å². The van der Waals surface area contributed by atoms with E-state index in [0.29, 0.717) is 0 Å². The molecule has 0 aliphatic carbocycles. The minimum atomic E-state index is 0.914. The molecule has 6 heteroatoms. The molecule has 0 aliphatic rings. The van der Waals surface area contributed by atoms with Crippen molar-refractivity contribution in [1.82, 2.24) is 18.8 Å². The van der Waals surface area contributed by atoms with Gasteiger partial charge in [0.25, 0.3) is 0 Å². The normalized spacial score (nSPS) is 11.8. The lowest BCUT2D eigenvalue weighted by Crippen LogP contribution is -1.87. The van der Waals surface area contributed by atoms with Crippen molar-refractivity contribution in [2.24, 2.45) is 0 Å². The maximum atomic E-state index is 4.46. The van der Waals surface area contributed by atoms with Crippen LogP contribution in [0.2, 0.25) is 0 Å². The van der Waals surface area contributed by atoms with Gasteiger partial charge < -0.3 is 0 Å². The summed E-state index contributed by atoms with van der Waals surface area (Å²) in [6, 6.07) is 12.3. The van der Waals surface area contributed by atoms with E-state index in [1.165, 1.54) is 0 Å². The Balaban J connectivity index is 1.30. The molecule has 0 amide bonds. The van der Waals surface area contributed by atoms with Crippen LogP contribution in [0.5, 0.6) is 0 Å². The molecule has 0 radical (unpaired) electrons. The average molecular weight is 352 g/mol. The molecule has 0 spiro atoms. The van der Waals surface area contributed by atoms with Gasteiger partial charge in [-0.1, -0.05) is 47.8 Å². The molecule has 120 valence electrons. The summed E-state index contributed by atoms with van der Waals surface area (Å²) in [4.78, 5) is 8.92. The molecule has 4 aromatic rings. The van der Waals surface area contributed by atoms with Crippen LogP contribution in [0.3, 0.4) is 0 Å². The maximum absolute atomic E-state index is 4.46. The number of rotatable bonds is 6. The summed E-state index contributed by atoms with van der Waals surface area (Å²) in [5.74, 6) is 1.83. The lowest BCUT2D eigenvalue weighted by Gasteiger charge is -1.99. The second-order valence-corrected chi connectivity index (χ2v) is 7.14. The Hall–Kier alpha value is -2.18. The molecule has 0 aliphatic heterocycles. The van der Waals surface area contributed by atoms with Crippen molar-refractivity contribution < 1.29 is 0 Å². The number of thioether (sulfide) groups is 2. The van der Waals surface area contributed by atoms with Crippen molar-refractivity contribution in [3.05, 3.63) is 73.3 Å². The van der Waals surface area contributed by atoms with Crippen molar-refractivity contribution in [3.8, 4) is 0 Å². The van der Waals surface area contributed by atoms with Crippen LogP contribution in [-0.4, -0.2) is 30.3 Å². The van der Waals surface area contributed by atoms with Gasteiger partial charge in [0.05, 0.1) is 23.4 Å². The highest BCUT2D eigenvalue weighted by Gasteiger charge is 2.02. The van der Waals surface area contributed by atoms with Crippen LogP contribution >= 0.6 is 23.5 Å². The number of imidazole rings is 2. The zero-order valence-electron chi connectivity index (χ0n) is 12.9. The zero-order chi connectivity index (χ0) is 16.2. The molecule has 0 N–H and O–H groups in total. The summed E-state index contributed by atoms with van der Waals surface area (Å²) in [7, 11) is 0. The fraction of sp³-hybridized carbons (Fsp3) is 0.111. The van der Waals surface area contributed by atoms with E-state index in [2.05, 4.69) is 43.1 Å². The lowest BCUT2D eigenvalue weighted by molar-refractivity contribution is 0.959. The van der Waals surface area contributed by atoms with Crippen molar-refractivity contribution in [2.45, 2.75) is 10.3 Å². The highest BCUT2D eigenvalue weighted by Crippen LogP contribution is 2.20. The van der Waals surface area contributed by atoms with Crippen molar-refractivity contribution in [2.75, 3.05) is 11.5 Å². The van der Waals surface area contributed by atoms with Gasteiger partial charge in [0.15, 0.2) is 10.3 Å². The highest BCUT2D eigenvalue weighted by molar-refractivity contribution is 7.99. The summed E-state index contributed by atoms with van der Waals surface area (Å²) in [6.07, 6.45) is 12.3. The van der Waals surface area contributed by atoms with Gasteiger partial charge in [-0.25, -0.2) is 9.97 Å². The van der Waals surface area contributed by atoms with Crippen LogP contribution in [0.25, 0.3) is 11.0 Å². The highest BCUT2D eigenvalue weighted by atomic mass is 32.2. The Morgan fingerprint density at radius 3 is 1.75 bits per heavy atom. The third-order valence-corrected chi connectivity index (χ3v) is 5.43. The first-order chi connectivity index (χ1) is 11.9. The van der Waals surface area contributed by atoms with Crippen LogP contribution in [0.1, 0.15) is 0 Å². The van der Waals surface area contributed by atoms with E-state index >= 15 is 0 Å². The molecule has 4 rings (SSSR count). The molecule has 0 aromatic carbocycles. The Labute approximate surface area is 148 Å². The molecule has 0 fully saturated rings. The zero-order valence-corrected chi connectivity index (χ0v) is 14.6. The Morgan fingerprint density at radius 1 is 0.750 bits per heavy atom. The number of aromatic nitrogens is 4. The monoisotopic (exact) mass is 352 g/mol. The Kier molecular flexibility index (Phi) is 4.57. The predicted octanol–water partition coefficient (Wildman–Crippen LogP) is 4.42. The average Bonchev–Trinajstić information content (AvgIpc) is 3.22. The van der Waals surface area contributed by atoms with Crippen molar-refractivity contribution in [3.63, 3.8) is 0 Å². The number of pyridine rings is 2. The molecule has 0 bridgehead atoms. The first kappa shape index (κ1) is 15.4. The summed E-state index contributed by atoms with van der Waals surface area (Å²) < 4.78 is 4.23.